The second-order valence-corrected chi connectivity index (χ2v) is 11.5. The number of hydrogen-bond acceptors (Lipinski definition) is 12. The van der Waals surface area contributed by atoms with E-state index in [1.807, 2.05) is 50.2 Å². The number of benzene rings is 4. The van der Waals surface area contributed by atoms with Gasteiger partial charge in [0.15, 0.2) is 11.6 Å². The minimum atomic E-state index is -4.55. The topological polar surface area (TPSA) is 198 Å². The van der Waals surface area contributed by atoms with E-state index in [-0.39, 0.29) is 34.3 Å². The predicted molar refractivity (Wildman–Crippen MR) is 164 cm³/mol. The van der Waals surface area contributed by atoms with Crippen molar-refractivity contribution in [3.05, 3.63) is 77.1 Å². The molecule has 0 bridgehead atoms. The number of phenols is 1. The second kappa shape index (κ2) is 12.3. The lowest BCUT2D eigenvalue weighted by molar-refractivity contribution is 0.199. The van der Waals surface area contributed by atoms with Crippen LogP contribution in [0.3, 0.4) is 0 Å². The molecule has 0 aliphatic heterocycles. The van der Waals surface area contributed by atoms with Crippen molar-refractivity contribution >= 4 is 49.3 Å². The first kappa shape index (κ1) is 30.4. The summed E-state index contributed by atoms with van der Waals surface area (Å²) in [4.78, 5) is 3.89. The molecule has 5 aromatic rings. The summed E-state index contributed by atoms with van der Waals surface area (Å²) in [5.41, 5.74) is 10.6. The SMILES string of the molecule is COCCc1noc(-c2cc(S(=O)(=O)O)ccc2N=Nc2c(C)cc3cc(C)c(N=Nc4ccc(C)cc4)c(N)c3c2O)n1. The minimum Gasteiger partial charge on any atom is -0.505 e. The highest BCUT2D eigenvalue weighted by molar-refractivity contribution is 7.85. The van der Waals surface area contributed by atoms with Gasteiger partial charge in [-0.1, -0.05) is 22.9 Å². The van der Waals surface area contributed by atoms with Gasteiger partial charge in [0.25, 0.3) is 16.0 Å². The van der Waals surface area contributed by atoms with Gasteiger partial charge >= 0.3 is 0 Å². The number of nitrogen functional groups attached to an aromatic ring is 1. The molecule has 4 N–H and O–H groups in total. The molecule has 0 fully saturated rings. The molecule has 0 atom stereocenters. The summed E-state index contributed by atoms with van der Waals surface area (Å²) >= 11 is 0. The Morgan fingerprint density at radius 2 is 1.61 bits per heavy atom. The van der Waals surface area contributed by atoms with Crippen LogP contribution in [-0.4, -0.2) is 41.9 Å². The number of aryl methyl sites for hydroxylation is 3. The van der Waals surface area contributed by atoms with Gasteiger partial charge in [-0.25, -0.2) is 0 Å². The number of anilines is 1. The molecule has 13 nitrogen and oxygen atoms in total. The van der Waals surface area contributed by atoms with Crippen molar-refractivity contribution in [1.82, 2.24) is 10.1 Å². The van der Waals surface area contributed by atoms with Crippen LogP contribution in [-0.2, 0) is 21.3 Å². The quantitative estimate of drug-likeness (QED) is 0.0860. The molecule has 0 saturated carbocycles. The lowest BCUT2D eigenvalue weighted by atomic mass is 9.99. The van der Waals surface area contributed by atoms with Crippen molar-refractivity contribution in [2.24, 2.45) is 20.5 Å². The molecule has 1 heterocycles. The highest BCUT2D eigenvalue weighted by atomic mass is 32.2. The molecule has 0 aliphatic rings. The fraction of sp³-hybridized carbons (Fsp3) is 0.200. The van der Waals surface area contributed by atoms with Gasteiger partial charge in [-0.05, 0) is 79.7 Å². The second-order valence-electron chi connectivity index (χ2n) is 10.1. The summed E-state index contributed by atoms with van der Waals surface area (Å²) in [7, 11) is -3.02. The maximum absolute atomic E-state index is 11.9. The van der Waals surface area contributed by atoms with Crippen LogP contribution in [0, 0.1) is 20.8 Å². The zero-order valence-electron chi connectivity index (χ0n) is 24.3. The highest BCUT2D eigenvalue weighted by Gasteiger charge is 2.20. The molecule has 0 radical (unpaired) electrons. The zero-order valence-corrected chi connectivity index (χ0v) is 25.1. The van der Waals surface area contributed by atoms with Crippen molar-refractivity contribution in [2.45, 2.75) is 32.1 Å². The van der Waals surface area contributed by atoms with Crippen molar-refractivity contribution in [1.29, 1.82) is 0 Å². The number of phenolic OH excluding ortho intramolecular Hbond substituents is 1. The van der Waals surface area contributed by atoms with Gasteiger partial charge in [-0.15, -0.1) is 15.3 Å². The van der Waals surface area contributed by atoms with E-state index in [9.17, 15) is 18.1 Å². The molecule has 0 spiro atoms. The molecule has 1 aromatic heterocycles. The molecule has 44 heavy (non-hydrogen) atoms. The molecule has 0 aliphatic carbocycles. The van der Waals surface area contributed by atoms with Crippen LogP contribution in [0.5, 0.6) is 5.75 Å². The fourth-order valence-corrected chi connectivity index (χ4v) is 5.03. The number of hydrogen-bond donors (Lipinski definition) is 3. The third-order valence-corrected chi connectivity index (χ3v) is 7.67. The van der Waals surface area contributed by atoms with Crippen molar-refractivity contribution in [3.8, 4) is 17.2 Å². The van der Waals surface area contributed by atoms with E-state index in [0.717, 1.165) is 23.3 Å². The Kier molecular flexibility index (Phi) is 8.49. The monoisotopic (exact) mass is 615 g/mol. The van der Waals surface area contributed by atoms with Crippen molar-refractivity contribution in [3.63, 3.8) is 0 Å². The summed E-state index contributed by atoms with van der Waals surface area (Å²) in [5, 5.41) is 33.5. The Bertz CT molecular complexity index is 2040. The Morgan fingerprint density at radius 1 is 0.932 bits per heavy atom. The van der Waals surface area contributed by atoms with Crippen LogP contribution in [0.4, 0.5) is 28.4 Å². The summed E-state index contributed by atoms with van der Waals surface area (Å²) in [6, 6.07) is 14.9. The van der Waals surface area contributed by atoms with E-state index in [1.54, 1.807) is 6.92 Å². The molecular weight excluding hydrogens is 586 g/mol. The number of nitrogens with two attached hydrogens (primary N) is 1. The third-order valence-electron chi connectivity index (χ3n) is 6.82. The van der Waals surface area contributed by atoms with Crippen LogP contribution in [0.25, 0.3) is 22.2 Å². The predicted octanol–water partition coefficient (Wildman–Crippen LogP) is 7.37. The fourth-order valence-electron chi connectivity index (χ4n) is 4.52. The van der Waals surface area contributed by atoms with Gasteiger partial charge < -0.3 is 20.1 Å². The van der Waals surface area contributed by atoms with Gasteiger partial charge in [0, 0.05) is 13.5 Å². The van der Waals surface area contributed by atoms with E-state index in [2.05, 4.69) is 30.6 Å². The molecule has 226 valence electrons. The summed E-state index contributed by atoms with van der Waals surface area (Å²) in [6.45, 7) is 5.93. The minimum absolute atomic E-state index is 0.0432. The Balaban J connectivity index is 1.58. The standard InChI is InChI=1S/C30H29N7O6S/c1-16-5-7-20(8-6-16)33-35-27-17(2)13-19-14-18(3)28(29(38)25(19)26(27)31)36-34-23-10-9-21(44(39,40)41)15-22(23)30-32-24(37-43-30)11-12-42-4/h5-10,13-15,38H,11-12,31H2,1-4H3,(H,39,40,41). The molecule has 5 rings (SSSR count). The lowest BCUT2D eigenvalue weighted by Crippen LogP contribution is -1.98. The highest BCUT2D eigenvalue weighted by Crippen LogP contribution is 2.46. The van der Waals surface area contributed by atoms with Gasteiger partial charge in [0.1, 0.15) is 11.4 Å². The van der Waals surface area contributed by atoms with E-state index >= 15 is 0 Å². The normalized spacial score (nSPS) is 12.2. The van der Waals surface area contributed by atoms with Gasteiger partial charge in [-0.2, -0.15) is 18.5 Å². The summed E-state index contributed by atoms with van der Waals surface area (Å²) in [6.07, 6.45) is 0.354. The van der Waals surface area contributed by atoms with E-state index in [1.165, 1.54) is 13.2 Å². The van der Waals surface area contributed by atoms with Crippen molar-refractivity contribution in [2.75, 3.05) is 19.5 Å². The lowest BCUT2D eigenvalue weighted by Gasteiger charge is -2.13. The largest absolute Gasteiger partial charge is 0.505 e. The van der Waals surface area contributed by atoms with E-state index in [0.29, 0.717) is 46.6 Å². The number of azo groups is 2. The summed E-state index contributed by atoms with van der Waals surface area (Å²) in [5.74, 6) is 0.0632. The van der Waals surface area contributed by atoms with Crippen LogP contribution in [0.1, 0.15) is 22.5 Å². The van der Waals surface area contributed by atoms with Gasteiger partial charge in [-0.3, -0.25) is 4.55 Å². The number of ether oxygens (including phenoxy) is 1. The maximum atomic E-state index is 11.9. The zero-order chi connectivity index (χ0) is 31.6. The smallest absolute Gasteiger partial charge is 0.294 e. The Labute approximate surface area is 252 Å². The van der Waals surface area contributed by atoms with E-state index in [4.69, 9.17) is 15.0 Å². The number of aromatic nitrogens is 2. The molecule has 14 heteroatoms. The van der Waals surface area contributed by atoms with Gasteiger partial charge in [0.2, 0.25) is 0 Å². The Hall–Kier alpha value is -5.05. The maximum Gasteiger partial charge on any atom is 0.294 e. The molecular formula is C30H29N7O6S. The molecule has 0 unspecified atom stereocenters. The first-order valence-corrected chi connectivity index (χ1v) is 14.8. The molecule has 4 aromatic carbocycles. The molecule has 0 amide bonds. The van der Waals surface area contributed by atoms with Crippen LogP contribution < -0.4 is 5.73 Å². The van der Waals surface area contributed by atoms with Crippen molar-refractivity contribution < 1.29 is 27.3 Å². The first-order chi connectivity index (χ1) is 21.0. The molecule has 0 saturated heterocycles. The van der Waals surface area contributed by atoms with Crippen LogP contribution in [0.2, 0.25) is 0 Å². The van der Waals surface area contributed by atoms with Gasteiger partial charge in [0.05, 0.1) is 39.5 Å². The third kappa shape index (κ3) is 6.32. The Morgan fingerprint density at radius 3 is 2.30 bits per heavy atom. The van der Waals surface area contributed by atoms with E-state index < -0.39 is 15.0 Å². The number of rotatable bonds is 9. The summed E-state index contributed by atoms with van der Waals surface area (Å²) < 4.78 is 43.7. The van der Waals surface area contributed by atoms with Crippen LogP contribution in [0.15, 0.2) is 84.5 Å². The number of methoxy groups -OCH3 is 1. The number of fused-ring (bicyclic) bond motifs is 1. The average Bonchev–Trinajstić information content (AvgIpc) is 3.44. The number of aromatic hydroxyl groups is 1. The first-order valence-electron chi connectivity index (χ1n) is 13.3. The van der Waals surface area contributed by atoms with Crippen LogP contribution >= 0.6 is 0 Å². The number of nitrogens with zero attached hydrogens (tertiary/aromatic N) is 6. The average molecular weight is 616 g/mol.